The van der Waals surface area contributed by atoms with Gasteiger partial charge in [-0.25, -0.2) is 9.97 Å². The van der Waals surface area contributed by atoms with E-state index in [2.05, 4.69) is 20.4 Å². The van der Waals surface area contributed by atoms with Gasteiger partial charge in [0.25, 0.3) is 5.91 Å². The van der Waals surface area contributed by atoms with Crippen molar-refractivity contribution in [1.29, 1.82) is 0 Å². The zero-order valence-electron chi connectivity index (χ0n) is 11.7. The van der Waals surface area contributed by atoms with Gasteiger partial charge < -0.3 is 4.52 Å². The van der Waals surface area contributed by atoms with Crippen LogP contribution in [0.5, 0.6) is 0 Å². The summed E-state index contributed by atoms with van der Waals surface area (Å²) < 4.78 is 7.05. The van der Waals surface area contributed by atoms with E-state index in [-0.39, 0.29) is 11.6 Å². The monoisotopic (exact) mass is 330 g/mol. The van der Waals surface area contributed by atoms with Crippen molar-refractivity contribution in [2.75, 3.05) is 5.32 Å². The lowest BCUT2D eigenvalue weighted by molar-refractivity contribution is 0.101. The molecule has 0 aliphatic heterocycles. The summed E-state index contributed by atoms with van der Waals surface area (Å²) in [7, 11) is 0. The third kappa shape index (κ3) is 2.16. The second kappa shape index (κ2) is 4.85. The van der Waals surface area contributed by atoms with Gasteiger partial charge in [-0.2, -0.15) is 0 Å². The van der Waals surface area contributed by atoms with E-state index in [1.807, 2.05) is 19.1 Å². The average Bonchev–Trinajstić information content (AvgIpc) is 3.15. The van der Waals surface area contributed by atoms with E-state index in [0.717, 1.165) is 25.4 Å². The molecule has 3 heterocycles. The number of nitrogens with one attached hydrogen (secondary N) is 1. The molecular formula is C14H10N4O2S2. The number of fused-ring (bicyclic) bond motifs is 3. The molecule has 110 valence electrons. The van der Waals surface area contributed by atoms with E-state index in [4.69, 9.17) is 4.52 Å². The minimum absolute atomic E-state index is 0.246. The van der Waals surface area contributed by atoms with Crippen molar-refractivity contribution < 1.29 is 9.32 Å². The van der Waals surface area contributed by atoms with Gasteiger partial charge in [-0.1, -0.05) is 16.5 Å². The molecule has 4 rings (SSSR count). The maximum absolute atomic E-state index is 12.1. The van der Waals surface area contributed by atoms with Crippen molar-refractivity contribution in [2.24, 2.45) is 0 Å². The number of aryl methyl sites for hydroxylation is 2. The Morgan fingerprint density at radius 1 is 1.14 bits per heavy atom. The fourth-order valence-electron chi connectivity index (χ4n) is 2.17. The van der Waals surface area contributed by atoms with Crippen LogP contribution in [0.3, 0.4) is 0 Å². The Labute approximate surface area is 132 Å². The summed E-state index contributed by atoms with van der Waals surface area (Å²) in [5, 5.41) is 8.02. The summed E-state index contributed by atoms with van der Waals surface area (Å²) in [6, 6.07) is 5.46. The summed E-state index contributed by atoms with van der Waals surface area (Å²) in [5.74, 6) is 0.268. The molecule has 0 fully saturated rings. The molecule has 0 aliphatic rings. The molecule has 0 spiro atoms. The molecule has 3 aromatic heterocycles. The molecule has 0 atom stereocenters. The molecule has 4 aromatic rings. The highest BCUT2D eigenvalue weighted by molar-refractivity contribution is 7.28. The van der Waals surface area contributed by atoms with Crippen LogP contribution in [-0.2, 0) is 0 Å². The minimum atomic E-state index is -0.326. The van der Waals surface area contributed by atoms with Gasteiger partial charge in [-0.3, -0.25) is 10.1 Å². The van der Waals surface area contributed by atoms with Gasteiger partial charge in [0, 0.05) is 6.07 Å². The van der Waals surface area contributed by atoms with Crippen LogP contribution in [0.1, 0.15) is 21.3 Å². The Kier molecular flexibility index (Phi) is 2.95. The van der Waals surface area contributed by atoms with Crippen molar-refractivity contribution in [2.45, 2.75) is 13.8 Å². The summed E-state index contributed by atoms with van der Waals surface area (Å²) in [6.07, 6.45) is 0. The predicted molar refractivity (Wildman–Crippen MR) is 86.7 cm³/mol. The topological polar surface area (TPSA) is 80.9 Å². The lowest BCUT2D eigenvalue weighted by Gasteiger charge is -1.95. The van der Waals surface area contributed by atoms with E-state index < -0.39 is 0 Å². The van der Waals surface area contributed by atoms with Crippen molar-refractivity contribution in [3.8, 4) is 0 Å². The fourth-order valence-corrected chi connectivity index (χ4v) is 4.17. The number of thiazole rings is 2. The first-order valence-corrected chi connectivity index (χ1v) is 8.15. The van der Waals surface area contributed by atoms with Gasteiger partial charge in [0.15, 0.2) is 10.8 Å². The average molecular weight is 330 g/mol. The summed E-state index contributed by atoms with van der Waals surface area (Å²) >= 11 is 3.07. The first kappa shape index (κ1) is 13.4. The third-order valence-corrected chi connectivity index (χ3v) is 5.24. The second-order valence-electron chi connectivity index (χ2n) is 4.79. The van der Waals surface area contributed by atoms with E-state index in [1.54, 1.807) is 24.3 Å². The number of anilines is 1. The number of benzene rings is 1. The Bertz CT molecular complexity index is 1010. The van der Waals surface area contributed by atoms with E-state index in [0.29, 0.717) is 10.9 Å². The highest BCUT2D eigenvalue weighted by atomic mass is 32.1. The Hall–Kier alpha value is -2.32. The van der Waals surface area contributed by atoms with E-state index >= 15 is 0 Å². The first-order chi connectivity index (χ1) is 10.6. The first-order valence-electron chi connectivity index (χ1n) is 6.51. The van der Waals surface area contributed by atoms with E-state index in [1.165, 1.54) is 11.3 Å². The van der Waals surface area contributed by atoms with Gasteiger partial charge in [0.2, 0.25) is 0 Å². The van der Waals surface area contributed by atoms with Crippen LogP contribution in [-0.4, -0.2) is 21.0 Å². The normalized spacial score (nSPS) is 11.4. The van der Waals surface area contributed by atoms with Crippen molar-refractivity contribution in [3.63, 3.8) is 0 Å². The molecular weight excluding hydrogens is 320 g/mol. The minimum Gasteiger partial charge on any atom is -0.361 e. The molecule has 8 heteroatoms. The van der Waals surface area contributed by atoms with Crippen LogP contribution in [0.4, 0.5) is 5.13 Å². The lowest BCUT2D eigenvalue weighted by Crippen LogP contribution is -2.11. The van der Waals surface area contributed by atoms with Gasteiger partial charge in [0.05, 0.1) is 25.4 Å². The summed E-state index contributed by atoms with van der Waals surface area (Å²) in [6.45, 7) is 3.72. The third-order valence-electron chi connectivity index (χ3n) is 3.10. The molecule has 0 radical (unpaired) electrons. The molecule has 0 saturated heterocycles. The smallest absolute Gasteiger partial charge is 0.279 e. The van der Waals surface area contributed by atoms with Crippen LogP contribution in [0.25, 0.3) is 20.4 Å². The van der Waals surface area contributed by atoms with E-state index in [9.17, 15) is 4.79 Å². The zero-order valence-corrected chi connectivity index (χ0v) is 13.3. The number of hydrogen-bond acceptors (Lipinski definition) is 7. The number of aromatic nitrogens is 3. The zero-order chi connectivity index (χ0) is 15.3. The van der Waals surface area contributed by atoms with Crippen LogP contribution in [0, 0.1) is 13.8 Å². The SMILES string of the molecule is Cc1cc(C(=O)Nc2nc3ccc4nc(C)sc4c3s2)no1. The number of hydrogen-bond donors (Lipinski definition) is 1. The van der Waals surface area contributed by atoms with Crippen LogP contribution in [0.15, 0.2) is 22.7 Å². The van der Waals surface area contributed by atoms with Gasteiger partial charge in [-0.05, 0) is 26.0 Å². The van der Waals surface area contributed by atoms with Crippen molar-refractivity contribution >= 4 is 54.1 Å². The second-order valence-corrected chi connectivity index (χ2v) is 6.99. The molecule has 0 bridgehead atoms. The van der Waals surface area contributed by atoms with Gasteiger partial charge in [0.1, 0.15) is 5.76 Å². The predicted octanol–water partition coefficient (Wildman–Crippen LogP) is 3.76. The van der Waals surface area contributed by atoms with Gasteiger partial charge >= 0.3 is 0 Å². The number of amides is 1. The molecule has 0 aliphatic carbocycles. The standard InChI is InChI=1S/C14H10N4O2S2/c1-6-5-10(18-20-6)13(19)17-14-16-9-4-3-8-11(12(9)22-14)21-7(2)15-8/h3-5H,1-2H3,(H,16,17,19). The Balaban J connectivity index is 1.73. The molecule has 0 unspecified atom stereocenters. The number of rotatable bonds is 2. The largest absolute Gasteiger partial charge is 0.361 e. The quantitative estimate of drug-likeness (QED) is 0.605. The van der Waals surface area contributed by atoms with Crippen LogP contribution < -0.4 is 5.32 Å². The highest BCUT2D eigenvalue weighted by Gasteiger charge is 2.15. The molecule has 1 amide bonds. The summed E-state index contributed by atoms with van der Waals surface area (Å²) in [5.41, 5.74) is 2.06. The molecule has 0 saturated carbocycles. The van der Waals surface area contributed by atoms with Crippen LogP contribution >= 0.6 is 22.7 Å². The molecule has 6 nitrogen and oxygen atoms in total. The van der Waals surface area contributed by atoms with Crippen LogP contribution in [0.2, 0.25) is 0 Å². The maximum Gasteiger partial charge on any atom is 0.279 e. The van der Waals surface area contributed by atoms with Crippen molar-refractivity contribution in [3.05, 3.63) is 34.7 Å². The number of carbonyl (C=O) groups is 1. The lowest BCUT2D eigenvalue weighted by atomic mass is 10.3. The summed E-state index contributed by atoms with van der Waals surface area (Å²) in [4.78, 5) is 21.0. The highest BCUT2D eigenvalue weighted by Crippen LogP contribution is 2.35. The molecule has 1 aromatic carbocycles. The maximum atomic E-state index is 12.1. The number of nitrogens with zero attached hydrogens (tertiary/aromatic N) is 3. The molecule has 22 heavy (non-hydrogen) atoms. The Morgan fingerprint density at radius 3 is 2.59 bits per heavy atom. The Morgan fingerprint density at radius 2 is 1.86 bits per heavy atom. The molecule has 1 N–H and O–H groups in total. The fraction of sp³-hybridized carbons (Fsp3) is 0.143. The van der Waals surface area contributed by atoms with Gasteiger partial charge in [-0.15, -0.1) is 11.3 Å². The van der Waals surface area contributed by atoms with Crippen molar-refractivity contribution in [1.82, 2.24) is 15.1 Å². The number of carbonyl (C=O) groups excluding carboxylic acids is 1.